The molecule has 2 aromatic carbocycles. The van der Waals surface area contributed by atoms with Crippen molar-refractivity contribution in [3.05, 3.63) is 58.1 Å². The molecule has 0 saturated heterocycles. The molecule has 0 aliphatic carbocycles. The zero-order valence-corrected chi connectivity index (χ0v) is 12.1. The molecular formula is C13H10BrF2NOS. The second-order valence-electron chi connectivity index (χ2n) is 3.91. The van der Waals surface area contributed by atoms with Gasteiger partial charge >= 0.3 is 0 Å². The van der Waals surface area contributed by atoms with Crippen molar-refractivity contribution in [2.75, 3.05) is 5.73 Å². The fourth-order valence-corrected chi connectivity index (χ4v) is 3.34. The summed E-state index contributed by atoms with van der Waals surface area (Å²) >= 11 is 3.25. The monoisotopic (exact) mass is 345 g/mol. The molecule has 0 aromatic heterocycles. The van der Waals surface area contributed by atoms with Crippen LogP contribution in [-0.2, 0) is 16.6 Å². The van der Waals surface area contributed by atoms with Crippen molar-refractivity contribution >= 4 is 32.4 Å². The Morgan fingerprint density at radius 2 is 1.89 bits per heavy atom. The molecule has 100 valence electrons. The lowest BCUT2D eigenvalue weighted by atomic mass is 10.2. The van der Waals surface area contributed by atoms with Crippen molar-refractivity contribution in [1.82, 2.24) is 0 Å². The van der Waals surface area contributed by atoms with Gasteiger partial charge in [0.15, 0.2) is 0 Å². The minimum atomic E-state index is -1.54. The largest absolute Gasteiger partial charge is 0.398 e. The molecule has 2 aromatic rings. The molecule has 0 spiro atoms. The van der Waals surface area contributed by atoms with Gasteiger partial charge < -0.3 is 5.73 Å². The highest BCUT2D eigenvalue weighted by Gasteiger charge is 2.13. The molecule has 0 aliphatic rings. The summed E-state index contributed by atoms with van der Waals surface area (Å²) in [6.45, 7) is 0. The second-order valence-corrected chi connectivity index (χ2v) is 6.24. The van der Waals surface area contributed by atoms with Crippen LogP contribution < -0.4 is 5.73 Å². The summed E-state index contributed by atoms with van der Waals surface area (Å²) in [5, 5.41) is 0. The number of halogens is 3. The van der Waals surface area contributed by atoms with Gasteiger partial charge in [0.25, 0.3) is 0 Å². The van der Waals surface area contributed by atoms with E-state index in [4.69, 9.17) is 5.73 Å². The van der Waals surface area contributed by atoms with Crippen molar-refractivity contribution in [3.63, 3.8) is 0 Å². The van der Waals surface area contributed by atoms with Gasteiger partial charge in [0, 0.05) is 15.7 Å². The standard InChI is InChI=1S/C13H10BrF2NOS/c14-9-1-4-12(17)13(6-9)19(18)7-8-5-10(15)2-3-11(8)16/h1-6H,7,17H2. The van der Waals surface area contributed by atoms with E-state index in [2.05, 4.69) is 15.9 Å². The van der Waals surface area contributed by atoms with E-state index >= 15 is 0 Å². The summed E-state index contributed by atoms with van der Waals surface area (Å²) in [5.41, 5.74) is 6.16. The molecule has 0 saturated carbocycles. The molecule has 19 heavy (non-hydrogen) atoms. The molecule has 0 fully saturated rings. The Bertz CT molecular complexity index is 649. The summed E-state index contributed by atoms with van der Waals surface area (Å²) in [6.07, 6.45) is 0. The molecule has 0 bridgehead atoms. The van der Waals surface area contributed by atoms with Gasteiger partial charge in [-0.05, 0) is 36.4 Å². The van der Waals surface area contributed by atoms with Crippen molar-refractivity contribution in [2.45, 2.75) is 10.6 Å². The lowest BCUT2D eigenvalue weighted by molar-refractivity contribution is 0.590. The summed E-state index contributed by atoms with van der Waals surface area (Å²) in [5.74, 6) is -1.26. The highest BCUT2D eigenvalue weighted by Crippen LogP contribution is 2.24. The first-order chi connectivity index (χ1) is 8.97. The first-order valence-electron chi connectivity index (χ1n) is 5.34. The van der Waals surface area contributed by atoms with E-state index in [1.807, 2.05) is 0 Å². The van der Waals surface area contributed by atoms with Gasteiger partial charge in [-0.15, -0.1) is 0 Å². The Hall–Kier alpha value is -1.27. The third kappa shape index (κ3) is 3.39. The van der Waals surface area contributed by atoms with Crippen LogP contribution in [-0.4, -0.2) is 4.21 Å². The minimum Gasteiger partial charge on any atom is -0.398 e. The second kappa shape index (κ2) is 5.79. The van der Waals surface area contributed by atoms with Gasteiger partial charge in [-0.3, -0.25) is 4.21 Å². The topological polar surface area (TPSA) is 43.1 Å². The lowest BCUT2D eigenvalue weighted by Gasteiger charge is -2.07. The number of benzene rings is 2. The van der Waals surface area contributed by atoms with Crippen LogP contribution in [0, 0.1) is 11.6 Å². The van der Waals surface area contributed by atoms with Crippen molar-refractivity contribution in [1.29, 1.82) is 0 Å². The van der Waals surface area contributed by atoms with Crippen LogP contribution in [0.5, 0.6) is 0 Å². The molecule has 1 atom stereocenters. The fourth-order valence-electron chi connectivity index (χ4n) is 1.58. The van der Waals surface area contributed by atoms with Gasteiger partial charge in [-0.1, -0.05) is 15.9 Å². The summed E-state index contributed by atoms with van der Waals surface area (Å²) in [7, 11) is -1.54. The Morgan fingerprint density at radius 3 is 2.63 bits per heavy atom. The van der Waals surface area contributed by atoms with Crippen LogP contribution >= 0.6 is 15.9 Å². The van der Waals surface area contributed by atoms with E-state index in [9.17, 15) is 13.0 Å². The Labute approximate surface area is 120 Å². The predicted octanol–water partition coefficient (Wildman–Crippen LogP) is 3.62. The zero-order valence-electron chi connectivity index (χ0n) is 9.70. The Morgan fingerprint density at radius 1 is 1.16 bits per heavy atom. The maximum atomic E-state index is 13.5. The quantitative estimate of drug-likeness (QED) is 0.863. The van der Waals surface area contributed by atoms with Crippen molar-refractivity contribution in [3.8, 4) is 0 Å². The molecule has 1 unspecified atom stereocenters. The van der Waals surface area contributed by atoms with E-state index in [-0.39, 0.29) is 11.3 Å². The number of anilines is 1. The minimum absolute atomic E-state index is 0.0673. The molecule has 2 rings (SSSR count). The van der Waals surface area contributed by atoms with Gasteiger partial charge in [-0.25, -0.2) is 8.78 Å². The van der Waals surface area contributed by atoms with Gasteiger partial charge in [0.05, 0.1) is 21.4 Å². The lowest BCUT2D eigenvalue weighted by Crippen LogP contribution is -2.03. The maximum Gasteiger partial charge on any atom is 0.127 e. The molecule has 0 radical (unpaired) electrons. The average molecular weight is 346 g/mol. The molecular weight excluding hydrogens is 336 g/mol. The molecule has 2 nitrogen and oxygen atoms in total. The molecule has 0 amide bonds. The first kappa shape index (κ1) is 14.1. The van der Waals surface area contributed by atoms with Gasteiger partial charge in [-0.2, -0.15) is 0 Å². The van der Waals surface area contributed by atoms with Crippen LogP contribution in [0.25, 0.3) is 0 Å². The molecule has 6 heteroatoms. The first-order valence-corrected chi connectivity index (χ1v) is 7.46. The molecule has 2 N–H and O–H groups in total. The van der Waals surface area contributed by atoms with Gasteiger partial charge in [0.1, 0.15) is 11.6 Å². The predicted molar refractivity (Wildman–Crippen MR) is 75.0 cm³/mol. The average Bonchev–Trinajstić information content (AvgIpc) is 2.36. The third-order valence-electron chi connectivity index (χ3n) is 2.52. The van der Waals surface area contributed by atoms with Crippen molar-refractivity contribution < 1.29 is 13.0 Å². The number of nitrogens with two attached hydrogens (primary N) is 1. The van der Waals surface area contributed by atoms with E-state index < -0.39 is 22.4 Å². The van der Waals surface area contributed by atoms with E-state index in [1.165, 1.54) is 0 Å². The summed E-state index contributed by atoms with van der Waals surface area (Å²) < 4.78 is 39.4. The van der Waals surface area contributed by atoms with Crippen LogP contribution in [0.3, 0.4) is 0 Å². The van der Waals surface area contributed by atoms with Crippen LogP contribution in [0.4, 0.5) is 14.5 Å². The third-order valence-corrected chi connectivity index (χ3v) is 4.43. The number of rotatable bonds is 3. The maximum absolute atomic E-state index is 13.5. The normalized spacial score (nSPS) is 12.4. The summed E-state index contributed by atoms with van der Waals surface area (Å²) in [6, 6.07) is 8.03. The Kier molecular flexibility index (Phi) is 4.31. The molecule has 0 heterocycles. The fraction of sp³-hybridized carbons (Fsp3) is 0.0769. The van der Waals surface area contributed by atoms with E-state index in [0.29, 0.717) is 10.6 Å². The molecule has 0 aliphatic heterocycles. The van der Waals surface area contributed by atoms with Crippen LogP contribution in [0.15, 0.2) is 45.8 Å². The van der Waals surface area contributed by atoms with Crippen LogP contribution in [0.1, 0.15) is 5.56 Å². The zero-order chi connectivity index (χ0) is 14.0. The number of hydrogen-bond acceptors (Lipinski definition) is 2. The highest BCUT2D eigenvalue weighted by atomic mass is 79.9. The van der Waals surface area contributed by atoms with Crippen LogP contribution in [0.2, 0.25) is 0 Å². The van der Waals surface area contributed by atoms with Crippen molar-refractivity contribution in [2.24, 2.45) is 0 Å². The number of nitrogen functional groups attached to an aromatic ring is 1. The Balaban J connectivity index is 2.30. The highest BCUT2D eigenvalue weighted by molar-refractivity contribution is 9.10. The van der Waals surface area contributed by atoms with E-state index in [1.54, 1.807) is 18.2 Å². The summed E-state index contributed by atoms with van der Waals surface area (Å²) in [4.78, 5) is 0.401. The smallest absolute Gasteiger partial charge is 0.127 e. The van der Waals surface area contributed by atoms with Gasteiger partial charge in [0.2, 0.25) is 0 Å². The van der Waals surface area contributed by atoms with E-state index in [0.717, 1.165) is 22.7 Å². The number of hydrogen-bond donors (Lipinski definition) is 1. The SMILES string of the molecule is Nc1ccc(Br)cc1S(=O)Cc1cc(F)ccc1F.